The van der Waals surface area contributed by atoms with E-state index in [0.717, 1.165) is 31.4 Å². The van der Waals surface area contributed by atoms with Gasteiger partial charge in [0.1, 0.15) is 18.1 Å². The van der Waals surface area contributed by atoms with Crippen molar-refractivity contribution in [3.63, 3.8) is 0 Å². The Bertz CT molecular complexity index is 1720. The molecule has 1 aromatic heterocycles. The van der Waals surface area contributed by atoms with Crippen molar-refractivity contribution in [2.45, 2.75) is 38.4 Å². The molecule has 3 aromatic carbocycles. The molecule has 1 aliphatic rings. The van der Waals surface area contributed by atoms with Crippen LogP contribution in [0.4, 0.5) is 34.6 Å². The van der Waals surface area contributed by atoms with Crippen molar-refractivity contribution in [2.75, 3.05) is 28.6 Å². The summed E-state index contributed by atoms with van der Waals surface area (Å²) in [5, 5.41) is 18.6. The average Bonchev–Trinajstić information content (AvgIpc) is 3.41. The molecule has 0 bridgehead atoms. The van der Waals surface area contributed by atoms with E-state index in [-0.39, 0.29) is 33.9 Å². The molecule has 4 aromatic rings. The third kappa shape index (κ3) is 7.85. The summed E-state index contributed by atoms with van der Waals surface area (Å²) in [6, 6.07) is 17.7. The number of piperidine rings is 1. The van der Waals surface area contributed by atoms with Gasteiger partial charge in [-0.1, -0.05) is 30.3 Å². The predicted octanol–water partition coefficient (Wildman–Crippen LogP) is 6.37. The third-order valence-electron chi connectivity index (χ3n) is 7.27. The van der Waals surface area contributed by atoms with Gasteiger partial charge in [-0.2, -0.15) is 18.3 Å². The van der Waals surface area contributed by atoms with E-state index in [1.807, 2.05) is 4.90 Å². The number of benzene rings is 3. The van der Waals surface area contributed by atoms with Gasteiger partial charge in [-0.3, -0.25) is 19.1 Å². The fourth-order valence-electron chi connectivity index (χ4n) is 5.20. The summed E-state index contributed by atoms with van der Waals surface area (Å²) in [6.45, 7) is -0.139. The molecule has 45 heavy (non-hydrogen) atoms. The lowest BCUT2D eigenvalue weighted by Gasteiger charge is -2.31. The van der Waals surface area contributed by atoms with Crippen LogP contribution in [0.15, 0.2) is 72.8 Å². The van der Waals surface area contributed by atoms with Gasteiger partial charge in [0.25, 0.3) is 11.8 Å². The minimum absolute atomic E-state index is 0.0569. The van der Waals surface area contributed by atoms with Crippen molar-refractivity contribution in [1.82, 2.24) is 9.78 Å². The van der Waals surface area contributed by atoms with E-state index in [1.54, 1.807) is 36.4 Å². The van der Waals surface area contributed by atoms with Crippen LogP contribution in [-0.2, 0) is 17.8 Å². The largest absolute Gasteiger partial charge is 0.481 e. The number of hydrogen-bond donors (Lipinski definition) is 3. The normalized spacial score (nSPS) is 13.4. The van der Waals surface area contributed by atoms with Gasteiger partial charge in [-0.05, 0) is 67.3 Å². The highest BCUT2D eigenvalue weighted by molar-refractivity contribution is 6.09. The smallest absolute Gasteiger partial charge is 0.408 e. The number of amides is 2. The minimum Gasteiger partial charge on any atom is -0.481 e. The lowest BCUT2D eigenvalue weighted by molar-refractivity contribution is -0.142. The molecule has 0 atom stereocenters. The maximum Gasteiger partial charge on any atom is 0.408 e. The molecule has 1 fully saturated rings. The summed E-state index contributed by atoms with van der Waals surface area (Å²) in [6.07, 6.45) is -2.37. The summed E-state index contributed by atoms with van der Waals surface area (Å²) in [4.78, 5) is 40.2. The quantitative estimate of drug-likeness (QED) is 0.187. The number of halogens is 4. The number of rotatable bonds is 9. The van der Waals surface area contributed by atoms with E-state index in [2.05, 4.69) is 15.7 Å². The highest BCUT2D eigenvalue weighted by atomic mass is 19.4. The molecule has 5 rings (SSSR count). The first-order chi connectivity index (χ1) is 21.5. The van der Waals surface area contributed by atoms with E-state index in [0.29, 0.717) is 29.0 Å². The summed E-state index contributed by atoms with van der Waals surface area (Å²) in [7, 11) is 0. The van der Waals surface area contributed by atoms with Crippen LogP contribution in [0.3, 0.4) is 0 Å². The monoisotopic (exact) mass is 623 g/mol. The second-order valence-corrected chi connectivity index (χ2v) is 10.6. The SMILES string of the molecule is O=C(O)Cc1cc(F)ccc1NC(=O)c1ccc(N2CCCCC2)c(NC(=O)c2cc(-c3ccccc3)nn2CC(F)(F)F)c1. The average molecular weight is 624 g/mol. The number of nitrogens with one attached hydrogen (secondary N) is 2. The first-order valence-corrected chi connectivity index (χ1v) is 14.2. The number of alkyl halides is 3. The van der Waals surface area contributed by atoms with Crippen LogP contribution in [0.2, 0.25) is 0 Å². The number of anilines is 3. The van der Waals surface area contributed by atoms with Gasteiger partial charge in [0, 0.05) is 29.9 Å². The second-order valence-electron chi connectivity index (χ2n) is 10.6. The Morgan fingerprint density at radius 2 is 1.56 bits per heavy atom. The van der Waals surface area contributed by atoms with E-state index in [9.17, 15) is 37.1 Å². The van der Waals surface area contributed by atoms with Crippen LogP contribution < -0.4 is 15.5 Å². The summed E-state index contributed by atoms with van der Waals surface area (Å²) in [5.41, 5.74) is 1.40. The van der Waals surface area contributed by atoms with Crippen molar-refractivity contribution < 1.29 is 37.1 Å². The highest BCUT2D eigenvalue weighted by Crippen LogP contribution is 2.32. The van der Waals surface area contributed by atoms with Crippen LogP contribution in [0.1, 0.15) is 45.7 Å². The van der Waals surface area contributed by atoms with Crippen molar-refractivity contribution in [2.24, 2.45) is 0 Å². The van der Waals surface area contributed by atoms with Gasteiger partial charge in [-0.25, -0.2) is 4.39 Å². The van der Waals surface area contributed by atoms with Crippen molar-refractivity contribution in [1.29, 1.82) is 0 Å². The van der Waals surface area contributed by atoms with Crippen LogP contribution in [0.5, 0.6) is 0 Å². The molecule has 3 N–H and O–H groups in total. The zero-order valence-corrected chi connectivity index (χ0v) is 23.9. The fourth-order valence-corrected chi connectivity index (χ4v) is 5.20. The van der Waals surface area contributed by atoms with Gasteiger partial charge in [0.2, 0.25) is 0 Å². The van der Waals surface area contributed by atoms with Gasteiger partial charge >= 0.3 is 12.1 Å². The first kappa shape index (κ1) is 31.2. The first-order valence-electron chi connectivity index (χ1n) is 14.2. The molecule has 0 spiro atoms. The third-order valence-corrected chi connectivity index (χ3v) is 7.27. The van der Waals surface area contributed by atoms with E-state index in [1.165, 1.54) is 24.3 Å². The van der Waals surface area contributed by atoms with Crippen LogP contribution >= 0.6 is 0 Å². The van der Waals surface area contributed by atoms with Crippen molar-refractivity contribution >= 4 is 34.8 Å². The molecule has 0 radical (unpaired) electrons. The predicted molar refractivity (Wildman–Crippen MR) is 160 cm³/mol. The molecule has 0 unspecified atom stereocenters. The number of carbonyl (C=O) groups excluding carboxylic acids is 2. The number of carbonyl (C=O) groups is 3. The molecular formula is C32H29F4N5O4. The maximum absolute atomic E-state index is 13.8. The lowest BCUT2D eigenvalue weighted by atomic mass is 10.1. The highest BCUT2D eigenvalue weighted by Gasteiger charge is 2.32. The Balaban J connectivity index is 1.49. The van der Waals surface area contributed by atoms with Crippen LogP contribution in [-0.4, -0.2) is 51.9 Å². The zero-order valence-electron chi connectivity index (χ0n) is 23.9. The Morgan fingerprint density at radius 3 is 2.24 bits per heavy atom. The Hall–Kier alpha value is -5.20. The molecule has 9 nitrogen and oxygen atoms in total. The van der Waals surface area contributed by atoms with E-state index < -0.39 is 42.7 Å². The molecule has 1 aliphatic heterocycles. The number of carboxylic acid groups (broad SMARTS) is 1. The molecular weight excluding hydrogens is 594 g/mol. The summed E-state index contributed by atoms with van der Waals surface area (Å²) >= 11 is 0. The molecule has 1 saturated heterocycles. The fraction of sp³-hybridized carbons (Fsp3) is 0.250. The minimum atomic E-state index is -4.65. The molecule has 2 amide bonds. The number of carboxylic acids is 1. The number of aromatic nitrogens is 2. The molecule has 13 heteroatoms. The van der Waals surface area contributed by atoms with Crippen LogP contribution in [0, 0.1) is 5.82 Å². The van der Waals surface area contributed by atoms with Gasteiger partial charge in [0.15, 0.2) is 0 Å². The van der Waals surface area contributed by atoms with Crippen LogP contribution in [0.25, 0.3) is 11.3 Å². The van der Waals surface area contributed by atoms with E-state index in [4.69, 9.17) is 0 Å². The molecule has 0 saturated carbocycles. The topological polar surface area (TPSA) is 117 Å². The number of hydrogen-bond acceptors (Lipinski definition) is 5. The summed E-state index contributed by atoms with van der Waals surface area (Å²) < 4.78 is 54.8. The van der Waals surface area contributed by atoms with Gasteiger partial charge in [-0.15, -0.1) is 0 Å². The standard InChI is InChI=1S/C32H29F4N5O4/c33-23-10-11-24(22(15-23)17-29(42)43)37-30(44)21-9-12-27(40-13-5-2-6-14-40)26(16-21)38-31(45)28-18-25(20-7-3-1-4-8-20)39-41(28)19-32(34,35)36/h1,3-4,7-12,15-16,18H,2,5-6,13-14,17,19H2,(H,37,44)(H,38,45)(H,42,43). The molecule has 234 valence electrons. The zero-order chi connectivity index (χ0) is 32.1. The Kier molecular flexibility index (Phi) is 9.16. The Labute approximate surface area is 255 Å². The van der Waals surface area contributed by atoms with Crippen molar-refractivity contribution in [3.8, 4) is 11.3 Å². The Morgan fingerprint density at radius 1 is 0.844 bits per heavy atom. The summed E-state index contributed by atoms with van der Waals surface area (Å²) in [5.74, 6) is -3.40. The van der Waals surface area contributed by atoms with Crippen molar-refractivity contribution in [3.05, 3.63) is 95.4 Å². The van der Waals surface area contributed by atoms with Gasteiger partial charge < -0.3 is 20.6 Å². The maximum atomic E-state index is 13.8. The number of aliphatic carboxylic acids is 1. The van der Waals surface area contributed by atoms with E-state index >= 15 is 0 Å². The second kappa shape index (κ2) is 13.2. The molecule has 0 aliphatic carbocycles. The molecule has 2 heterocycles. The number of nitrogens with zero attached hydrogens (tertiary/aromatic N) is 3. The van der Waals surface area contributed by atoms with Gasteiger partial charge in [0.05, 0.1) is 23.5 Å². The lowest BCUT2D eigenvalue weighted by Crippen LogP contribution is -2.31.